The second-order valence-corrected chi connectivity index (χ2v) is 3.77. The number of piperidine rings is 1. The largest absolute Gasteiger partial charge is 0.466 e. The van der Waals surface area contributed by atoms with Crippen LogP contribution in [-0.2, 0) is 9.53 Å². The topological polar surface area (TPSA) is 38.3 Å². The molecule has 1 unspecified atom stereocenters. The predicted molar refractivity (Wildman–Crippen MR) is 63.2 cm³/mol. The Morgan fingerprint density at radius 3 is 2.87 bits per heavy atom. The van der Waals surface area contributed by atoms with E-state index in [1.165, 1.54) is 0 Å². The normalized spacial score (nSPS) is 25.1. The average Bonchev–Trinajstić information content (AvgIpc) is 2.20. The molecule has 0 aromatic heterocycles. The molecule has 88 valence electrons. The van der Waals surface area contributed by atoms with E-state index in [4.69, 9.17) is 4.74 Å². The van der Waals surface area contributed by atoms with Crippen molar-refractivity contribution in [2.24, 2.45) is 5.41 Å². The summed E-state index contributed by atoms with van der Waals surface area (Å²) in [7, 11) is 0. The fourth-order valence-corrected chi connectivity index (χ4v) is 1.96. The fourth-order valence-electron chi connectivity index (χ4n) is 1.96. The summed E-state index contributed by atoms with van der Waals surface area (Å²) in [6, 6.07) is 0. The first kappa shape index (κ1) is 14.5. The number of ether oxygens (including phenoxy) is 1. The molecule has 1 heterocycles. The number of carbonyl (C=O) groups excluding carboxylic acids is 1. The summed E-state index contributed by atoms with van der Waals surface area (Å²) in [6.07, 6.45) is 4.46. The van der Waals surface area contributed by atoms with Gasteiger partial charge in [-0.1, -0.05) is 6.08 Å². The molecule has 1 rings (SSSR count). The van der Waals surface area contributed by atoms with Crippen molar-refractivity contribution < 1.29 is 9.53 Å². The molecular weight excluding hydrogens is 214 g/mol. The zero-order valence-corrected chi connectivity index (χ0v) is 10.1. The molecule has 0 radical (unpaired) electrons. The van der Waals surface area contributed by atoms with Gasteiger partial charge in [0.15, 0.2) is 0 Å². The van der Waals surface area contributed by atoms with Crippen LogP contribution in [0.5, 0.6) is 0 Å². The molecule has 3 nitrogen and oxygen atoms in total. The number of allylic oxidation sites excluding steroid dienone is 1. The van der Waals surface area contributed by atoms with Crippen molar-refractivity contribution in [3.05, 3.63) is 12.7 Å². The number of halogens is 1. The number of nitrogens with one attached hydrogen (secondary N) is 1. The Balaban J connectivity index is 0.00000196. The minimum Gasteiger partial charge on any atom is -0.466 e. The summed E-state index contributed by atoms with van der Waals surface area (Å²) in [4.78, 5) is 11.8. The van der Waals surface area contributed by atoms with Crippen LogP contribution in [0.4, 0.5) is 0 Å². The van der Waals surface area contributed by atoms with Gasteiger partial charge < -0.3 is 10.1 Å². The summed E-state index contributed by atoms with van der Waals surface area (Å²) >= 11 is 0. The monoisotopic (exact) mass is 233 g/mol. The Bertz CT molecular complexity index is 213. The number of carbonyl (C=O) groups is 1. The van der Waals surface area contributed by atoms with Gasteiger partial charge in [0.25, 0.3) is 0 Å². The highest BCUT2D eigenvalue weighted by atomic mass is 35.5. The number of rotatable bonds is 4. The molecule has 0 aromatic carbocycles. The lowest BCUT2D eigenvalue weighted by Crippen LogP contribution is -2.46. The fraction of sp³-hybridized carbons (Fsp3) is 0.727. The molecule has 0 aromatic rings. The van der Waals surface area contributed by atoms with Crippen LogP contribution < -0.4 is 5.32 Å². The maximum absolute atomic E-state index is 11.8. The summed E-state index contributed by atoms with van der Waals surface area (Å²) in [5, 5.41) is 3.25. The molecule has 0 amide bonds. The molecule has 0 spiro atoms. The van der Waals surface area contributed by atoms with Crippen LogP contribution in [0.1, 0.15) is 26.2 Å². The van der Waals surface area contributed by atoms with Crippen molar-refractivity contribution in [3.63, 3.8) is 0 Å². The van der Waals surface area contributed by atoms with Crippen LogP contribution in [0.2, 0.25) is 0 Å². The molecule has 1 N–H and O–H groups in total. The molecule has 1 saturated heterocycles. The third kappa shape index (κ3) is 3.50. The van der Waals surface area contributed by atoms with Crippen molar-refractivity contribution >= 4 is 18.4 Å². The van der Waals surface area contributed by atoms with Gasteiger partial charge in [0.05, 0.1) is 12.0 Å². The highest BCUT2D eigenvalue weighted by Gasteiger charge is 2.39. The molecule has 4 heteroatoms. The Hall–Kier alpha value is -0.540. The quantitative estimate of drug-likeness (QED) is 0.596. The number of hydrogen-bond acceptors (Lipinski definition) is 3. The summed E-state index contributed by atoms with van der Waals surface area (Å²) in [6.45, 7) is 7.72. The highest BCUT2D eigenvalue weighted by molar-refractivity contribution is 5.85. The molecular formula is C11H20ClNO2. The van der Waals surface area contributed by atoms with E-state index in [-0.39, 0.29) is 23.8 Å². The van der Waals surface area contributed by atoms with Gasteiger partial charge in [0, 0.05) is 6.54 Å². The molecule has 1 fully saturated rings. The van der Waals surface area contributed by atoms with Crippen molar-refractivity contribution in [2.75, 3.05) is 19.7 Å². The molecule has 0 saturated carbocycles. The Morgan fingerprint density at radius 1 is 1.67 bits per heavy atom. The second kappa shape index (κ2) is 6.85. The lowest BCUT2D eigenvalue weighted by molar-refractivity contribution is -0.156. The lowest BCUT2D eigenvalue weighted by atomic mass is 9.78. The number of esters is 1. The minimum atomic E-state index is -0.351. The summed E-state index contributed by atoms with van der Waals surface area (Å²) in [5.41, 5.74) is -0.351. The van der Waals surface area contributed by atoms with Gasteiger partial charge in [-0.05, 0) is 32.7 Å². The van der Waals surface area contributed by atoms with E-state index >= 15 is 0 Å². The van der Waals surface area contributed by atoms with Crippen molar-refractivity contribution in [1.82, 2.24) is 5.32 Å². The third-order valence-corrected chi connectivity index (χ3v) is 2.72. The lowest BCUT2D eigenvalue weighted by Gasteiger charge is -2.34. The van der Waals surface area contributed by atoms with E-state index in [0.717, 1.165) is 25.9 Å². The van der Waals surface area contributed by atoms with E-state index in [1.54, 1.807) is 0 Å². The van der Waals surface area contributed by atoms with E-state index in [9.17, 15) is 4.79 Å². The molecule has 0 aliphatic carbocycles. The van der Waals surface area contributed by atoms with Crippen LogP contribution in [0.3, 0.4) is 0 Å². The first-order chi connectivity index (χ1) is 6.75. The Labute approximate surface area is 97.7 Å². The molecule has 1 aliphatic rings. The molecule has 0 bridgehead atoms. The van der Waals surface area contributed by atoms with Crippen molar-refractivity contribution in [2.45, 2.75) is 26.2 Å². The van der Waals surface area contributed by atoms with Crippen LogP contribution in [0.25, 0.3) is 0 Å². The second-order valence-electron chi connectivity index (χ2n) is 3.77. The van der Waals surface area contributed by atoms with Gasteiger partial charge in [0.1, 0.15) is 0 Å². The highest BCUT2D eigenvalue weighted by Crippen LogP contribution is 2.32. The van der Waals surface area contributed by atoms with E-state index < -0.39 is 0 Å². The van der Waals surface area contributed by atoms with Gasteiger partial charge in [-0.25, -0.2) is 0 Å². The summed E-state index contributed by atoms with van der Waals surface area (Å²) < 4.78 is 5.11. The van der Waals surface area contributed by atoms with E-state index in [2.05, 4.69) is 11.9 Å². The zero-order chi connectivity index (χ0) is 10.4. The summed E-state index contributed by atoms with van der Waals surface area (Å²) in [5.74, 6) is -0.0768. The van der Waals surface area contributed by atoms with Crippen molar-refractivity contribution in [1.29, 1.82) is 0 Å². The average molecular weight is 234 g/mol. The van der Waals surface area contributed by atoms with E-state index in [0.29, 0.717) is 13.0 Å². The standard InChI is InChI=1S/C11H19NO2.ClH/c1-3-6-11(10(13)14-4-2)7-5-8-12-9-11;/h3,12H,1,4-9H2,2H3;1H. The van der Waals surface area contributed by atoms with Gasteiger partial charge >= 0.3 is 5.97 Å². The van der Waals surface area contributed by atoms with Crippen LogP contribution in [-0.4, -0.2) is 25.7 Å². The molecule has 1 aliphatic heterocycles. The van der Waals surface area contributed by atoms with Crippen LogP contribution in [0.15, 0.2) is 12.7 Å². The van der Waals surface area contributed by atoms with Gasteiger partial charge in [-0.15, -0.1) is 19.0 Å². The Morgan fingerprint density at radius 2 is 2.40 bits per heavy atom. The predicted octanol–water partition coefficient (Wildman–Crippen LogP) is 1.92. The van der Waals surface area contributed by atoms with E-state index in [1.807, 2.05) is 13.0 Å². The SMILES string of the molecule is C=CCC1(C(=O)OCC)CCCNC1.Cl. The minimum absolute atomic E-state index is 0. The first-order valence-electron chi connectivity index (χ1n) is 5.24. The first-order valence-corrected chi connectivity index (χ1v) is 5.24. The zero-order valence-electron chi connectivity index (χ0n) is 9.25. The van der Waals surface area contributed by atoms with Gasteiger partial charge in [-0.2, -0.15) is 0 Å². The third-order valence-electron chi connectivity index (χ3n) is 2.72. The molecule has 1 atom stereocenters. The maximum Gasteiger partial charge on any atom is 0.313 e. The number of hydrogen-bond donors (Lipinski definition) is 1. The molecule has 15 heavy (non-hydrogen) atoms. The van der Waals surface area contributed by atoms with Crippen LogP contribution >= 0.6 is 12.4 Å². The maximum atomic E-state index is 11.8. The van der Waals surface area contributed by atoms with Crippen molar-refractivity contribution in [3.8, 4) is 0 Å². The van der Waals surface area contributed by atoms with Gasteiger partial charge in [-0.3, -0.25) is 4.79 Å². The van der Waals surface area contributed by atoms with Gasteiger partial charge in [0.2, 0.25) is 0 Å². The van der Waals surface area contributed by atoms with Crippen LogP contribution in [0, 0.1) is 5.41 Å². The Kier molecular flexibility index (Phi) is 6.61. The smallest absolute Gasteiger partial charge is 0.313 e.